The number of hydrogen-bond donors (Lipinski definition) is 2. The van der Waals surface area contributed by atoms with Gasteiger partial charge in [-0.25, -0.2) is 13.4 Å². The molecule has 0 aromatic carbocycles. The third-order valence-electron chi connectivity index (χ3n) is 2.90. The molecule has 2 aromatic rings. The van der Waals surface area contributed by atoms with Gasteiger partial charge in [0.25, 0.3) is 0 Å². The lowest BCUT2D eigenvalue weighted by atomic mass is 10.5. The van der Waals surface area contributed by atoms with Gasteiger partial charge in [0.2, 0.25) is 10.0 Å². The molecule has 0 aliphatic heterocycles. The Kier molecular flexibility index (Phi) is 3.33. The van der Waals surface area contributed by atoms with Crippen molar-refractivity contribution in [3.8, 4) is 0 Å². The Bertz CT molecular complexity index is 673. The molecule has 0 spiro atoms. The molecule has 0 fully saturated rings. The van der Waals surface area contributed by atoms with Gasteiger partial charge in [-0.3, -0.25) is 4.68 Å². The van der Waals surface area contributed by atoms with Gasteiger partial charge in [0.15, 0.2) is 5.82 Å². The average molecular weight is 284 g/mol. The molecule has 2 aromatic heterocycles. The molecule has 0 saturated heterocycles. The van der Waals surface area contributed by atoms with Gasteiger partial charge in [0, 0.05) is 26.5 Å². The minimum atomic E-state index is -3.69. The summed E-state index contributed by atoms with van der Waals surface area (Å²) < 4.78 is 27.6. The lowest BCUT2D eigenvalue weighted by Crippen LogP contribution is -2.28. The van der Waals surface area contributed by atoms with Crippen molar-refractivity contribution in [1.29, 1.82) is 0 Å². The van der Waals surface area contributed by atoms with Gasteiger partial charge in [0.05, 0.1) is 12.2 Å². The molecule has 0 unspecified atom stereocenters. The number of aromatic amines is 1. The predicted octanol–water partition coefficient (Wildman–Crippen LogP) is -0.145. The van der Waals surface area contributed by atoms with E-state index in [1.807, 2.05) is 0 Å². The molecular weight excluding hydrogens is 268 g/mol. The maximum Gasteiger partial charge on any atom is 0.248 e. The number of hydrogen-bond acceptors (Lipinski definition) is 5. The Balaban J connectivity index is 2.36. The van der Waals surface area contributed by atoms with E-state index in [1.54, 1.807) is 26.4 Å². The van der Waals surface area contributed by atoms with Crippen LogP contribution in [0.15, 0.2) is 17.3 Å². The lowest BCUT2D eigenvalue weighted by Gasteiger charge is -2.15. The van der Waals surface area contributed by atoms with Crippen LogP contribution in [0.1, 0.15) is 11.5 Å². The number of rotatable bonds is 4. The molecule has 3 N–H and O–H groups in total. The van der Waals surface area contributed by atoms with Crippen molar-refractivity contribution in [3.05, 3.63) is 23.9 Å². The second-order valence-corrected chi connectivity index (χ2v) is 6.20. The molecule has 0 atom stereocenters. The highest BCUT2D eigenvalue weighted by Gasteiger charge is 2.29. The summed E-state index contributed by atoms with van der Waals surface area (Å²) >= 11 is 0. The maximum absolute atomic E-state index is 12.5. The fraction of sp³-hybridized carbons (Fsp3) is 0.400. The topological polar surface area (TPSA) is 110 Å². The van der Waals surface area contributed by atoms with E-state index in [0.717, 1.165) is 0 Å². The average Bonchev–Trinajstić information content (AvgIpc) is 2.88. The summed E-state index contributed by atoms with van der Waals surface area (Å²) in [5.74, 6) is 0.567. The number of sulfonamides is 1. The Morgan fingerprint density at radius 2 is 2.21 bits per heavy atom. The fourth-order valence-electron chi connectivity index (χ4n) is 1.77. The number of imidazole rings is 1. The quantitative estimate of drug-likeness (QED) is 0.811. The molecular formula is C10H16N6O2S. The molecule has 2 rings (SSSR count). The van der Waals surface area contributed by atoms with Crippen LogP contribution >= 0.6 is 0 Å². The Hall–Kier alpha value is -1.87. The van der Waals surface area contributed by atoms with Crippen LogP contribution in [0.2, 0.25) is 0 Å². The van der Waals surface area contributed by atoms with Crippen molar-refractivity contribution in [1.82, 2.24) is 24.1 Å². The zero-order chi connectivity index (χ0) is 14.2. The summed E-state index contributed by atoms with van der Waals surface area (Å²) in [6.07, 6.45) is 3.21. The van der Waals surface area contributed by atoms with Crippen molar-refractivity contribution in [3.63, 3.8) is 0 Å². The first-order valence-corrected chi connectivity index (χ1v) is 7.01. The van der Waals surface area contributed by atoms with Gasteiger partial charge in [-0.05, 0) is 6.92 Å². The second-order valence-electron chi connectivity index (χ2n) is 4.22. The summed E-state index contributed by atoms with van der Waals surface area (Å²) in [6.45, 7) is 1.81. The van der Waals surface area contributed by atoms with Gasteiger partial charge >= 0.3 is 0 Å². The Morgan fingerprint density at radius 1 is 1.53 bits per heavy atom. The van der Waals surface area contributed by atoms with Crippen LogP contribution in [0.3, 0.4) is 0 Å². The molecule has 104 valence electrons. The van der Waals surface area contributed by atoms with E-state index in [9.17, 15) is 8.42 Å². The highest BCUT2D eigenvalue weighted by Crippen LogP contribution is 2.24. The highest BCUT2D eigenvalue weighted by atomic mass is 32.2. The molecule has 0 aliphatic carbocycles. The molecule has 0 radical (unpaired) electrons. The Morgan fingerprint density at radius 3 is 2.68 bits per heavy atom. The van der Waals surface area contributed by atoms with Crippen LogP contribution in [-0.2, 0) is 23.6 Å². The number of aryl methyl sites for hydroxylation is 1. The van der Waals surface area contributed by atoms with Crippen molar-refractivity contribution < 1.29 is 8.42 Å². The molecule has 0 bridgehead atoms. The van der Waals surface area contributed by atoms with E-state index < -0.39 is 10.0 Å². The van der Waals surface area contributed by atoms with Gasteiger partial charge in [-0.15, -0.1) is 0 Å². The second kappa shape index (κ2) is 4.67. The van der Waals surface area contributed by atoms with Crippen LogP contribution in [-0.4, -0.2) is 39.5 Å². The van der Waals surface area contributed by atoms with Crippen LogP contribution < -0.4 is 5.73 Å². The lowest BCUT2D eigenvalue weighted by molar-refractivity contribution is 0.458. The number of nitrogens with two attached hydrogens (primary N) is 1. The standard InChI is InChI=1S/C10H16N6O2S/c1-7-9(10(11)14-16(7)3)19(17,18)15(2)6-8-12-4-5-13-8/h4-5H,6H2,1-3H3,(H2,11,14)(H,12,13). The SMILES string of the molecule is Cc1c(S(=O)(=O)N(C)Cc2ncc[nH]2)c(N)nn1C. The summed E-state index contributed by atoms with van der Waals surface area (Å²) in [4.78, 5) is 6.90. The molecule has 9 heteroatoms. The van der Waals surface area contributed by atoms with Crippen LogP contribution in [0.25, 0.3) is 0 Å². The van der Waals surface area contributed by atoms with Gasteiger partial charge in [-0.1, -0.05) is 0 Å². The van der Waals surface area contributed by atoms with Gasteiger partial charge in [0.1, 0.15) is 10.7 Å². The first-order valence-electron chi connectivity index (χ1n) is 5.57. The highest BCUT2D eigenvalue weighted by molar-refractivity contribution is 7.89. The van der Waals surface area contributed by atoms with Gasteiger partial charge in [-0.2, -0.15) is 9.40 Å². The third-order valence-corrected chi connectivity index (χ3v) is 4.87. The largest absolute Gasteiger partial charge is 0.381 e. The summed E-state index contributed by atoms with van der Waals surface area (Å²) in [5.41, 5.74) is 6.18. The van der Waals surface area contributed by atoms with Crippen LogP contribution in [0.5, 0.6) is 0 Å². The first-order chi connectivity index (χ1) is 8.84. The third kappa shape index (κ3) is 2.34. The first kappa shape index (κ1) is 13.6. The number of nitrogens with zero attached hydrogens (tertiary/aromatic N) is 4. The number of H-pyrrole nitrogens is 1. The molecule has 0 amide bonds. The monoisotopic (exact) mass is 284 g/mol. The molecule has 2 heterocycles. The van der Waals surface area contributed by atoms with E-state index in [2.05, 4.69) is 15.1 Å². The summed E-state index contributed by atoms with van der Waals surface area (Å²) in [7, 11) is -0.565. The zero-order valence-corrected chi connectivity index (χ0v) is 11.8. The smallest absolute Gasteiger partial charge is 0.248 e. The van der Waals surface area contributed by atoms with Crippen molar-refractivity contribution >= 4 is 15.8 Å². The van der Waals surface area contributed by atoms with Crippen LogP contribution in [0.4, 0.5) is 5.82 Å². The van der Waals surface area contributed by atoms with Crippen LogP contribution in [0, 0.1) is 6.92 Å². The summed E-state index contributed by atoms with van der Waals surface area (Å²) in [5, 5.41) is 3.92. The van der Waals surface area contributed by atoms with Gasteiger partial charge < -0.3 is 10.7 Å². The van der Waals surface area contributed by atoms with Crippen molar-refractivity contribution in [2.45, 2.75) is 18.4 Å². The van der Waals surface area contributed by atoms with E-state index in [4.69, 9.17) is 5.73 Å². The maximum atomic E-state index is 12.5. The molecule has 0 aliphatic rings. The normalized spacial score (nSPS) is 12.2. The zero-order valence-electron chi connectivity index (χ0n) is 11.0. The minimum Gasteiger partial charge on any atom is -0.381 e. The molecule has 0 saturated carbocycles. The van der Waals surface area contributed by atoms with E-state index in [-0.39, 0.29) is 17.3 Å². The van der Waals surface area contributed by atoms with E-state index in [1.165, 1.54) is 16.0 Å². The number of anilines is 1. The van der Waals surface area contributed by atoms with E-state index in [0.29, 0.717) is 11.5 Å². The predicted molar refractivity (Wildman–Crippen MR) is 69.6 cm³/mol. The molecule has 8 nitrogen and oxygen atoms in total. The van der Waals surface area contributed by atoms with Crippen molar-refractivity contribution in [2.75, 3.05) is 12.8 Å². The number of nitrogen functional groups attached to an aromatic ring is 1. The number of aromatic nitrogens is 4. The summed E-state index contributed by atoms with van der Waals surface area (Å²) in [6, 6.07) is 0. The fourth-order valence-corrected chi connectivity index (χ4v) is 3.18. The molecule has 19 heavy (non-hydrogen) atoms. The Labute approximate surface area is 111 Å². The van der Waals surface area contributed by atoms with Crippen molar-refractivity contribution in [2.24, 2.45) is 7.05 Å². The minimum absolute atomic E-state index is 0.00583. The van der Waals surface area contributed by atoms with E-state index >= 15 is 0 Å². The number of nitrogens with one attached hydrogen (secondary N) is 1.